The number of nitrogens with zero attached hydrogens (tertiary/aromatic N) is 1. The Morgan fingerprint density at radius 2 is 2.00 bits per heavy atom. The fourth-order valence-electron chi connectivity index (χ4n) is 3.48. The number of nitrogens with one attached hydrogen (secondary N) is 1. The number of likely N-dealkylation sites (tertiary alicyclic amines) is 1. The number of aldehydes is 1. The Morgan fingerprint density at radius 1 is 1.36 bits per heavy atom. The molecule has 6 nitrogen and oxygen atoms in total. The zero-order valence-electron chi connectivity index (χ0n) is 16.5. The van der Waals surface area contributed by atoms with E-state index in [1.807, 2.05) is 27.7 Å². The van der Waals surface area contributed by atoms with E-state index in [1.54, 1.807) is 0 Å². The summed E-state index contributed by atoms with van der Waals surface area (Å²) in [4.78, 5) is 37.0. The smallest absolute Gasteiger partial charge is 0.323 e. The summed E-state index contributed by atoms with van der Waals surface area (Å²) >= 11 is 0. The van der Waals surface area contributed by atoms with Crippen molar-refractivity contribution in [3.05, 3.63) is 0 Å². The van der Waals surface area contributed by atoms with Crippen LogP contribution in [0.3, 0.4) is 0 Å². The SMILES string of the molecule is CCC(CCN1CC(C=O)CC1C(=O)OC(C)(C)C)C(C)NC(C)=O. The van der Waals surface area contributed by atoms with E-state index in [9.17, 15) is 14.4 Å². The van der Waals surface area contributed by atoms with Crippen LogP contribution < -0.4 is 5.32 Å². The molecule has 0 aromatic heterocycles. The van der Waals surface area contributed by atoms with Gasteiger partial charge in [0.1, 0.15) is 17.9 Å². The van der Waals surface area contributed by atoms with E-state index >= 15 is 0 Å². The second-order valence-electron chi connectivity index (χ2n) is 8.12. The highest BCUT2D eigenvalue weighted by atomic mass is 16.6. The summed E-state index contributed by atoms with van der Waals surface area (Å²) in [5.74, 6) is -0.0663. The van der Waals surface area contributed by atoms with Crippen LogP contribution in [0, 0.1) is 11.8 Å². The third-order valence-electron chi connectivity index (χ3n) is 4.76. The van der Waals surface area contributed by atoms with Gasteiger partial charge in [-0.05, 0) is 53.0 Å². The quantitative estimate of drug-likeness (QED) is 0.534. The summed E-state index contributed by atoms with van der Waals surface area (Å²) in [5.41, 5.74) is -0.534. The molecular formula is C19H34N2O4. The van der Waals surface area contributed by atoms with Crippen molar-refractivity contribution in [1.29, 1.82) is 0 Å². The van der Waals surface area contributed by atoms with E-state index in [-0.39, 0.29) is 29.9 Å². The minimum atomic E-state index is -0.534. The average Bonchev–Trinajstić information content (AvgIpc) is 2.89. The zero-order valence-corrected chi connectivity index (χ0v) is 16.5. The molecule has 0 bridgehead atoms. The van der Waals surface area contributed by atoms with E-state index in [0.717, 1.165) is 25.7 Å². The molecule has 1 saturated heterocycles. The van der Waals surface area contributed by atoms with Crippen molar-refractivity contribution in [3.63, 3.8) is 0 Å². The molecule has 0 radical (unpaired) electrons. The lowest BCUT2D eigenvalue weighted by Gasteiger charge is -2.29. The van der Waals surface area contributed by atoms with Crippen LogP contribution in [0.4, 0.5) is 0 Å². The van der Waals surface area contributed by atoms with Gasteiger partial charge in [0.25, 0.3) is 0 Å². The van der Waals surface area contributed by atoms with Gasteiger partial charge in [-0.15, -0.1) is 0 Å². The van der Waals surface area contributed by atoms with Crippen LogP contribution in [-0.4, -0.2) is 53.8 Å². The lowest BCUT2D eigenvalue weighted by molar-refractivity contribution is -0.160. The largest absolute Gasteiger partial charge is 0.459 e. The molecule has 4 unspecified atom stereocenters. The lowest BCUT2D eigenvalue weighted by atomic mass is 9.94. The van der Waals surface area contributed by atoms with Gasteiger partial charge >= 0.3 is 5.97 Å². The summed E-state index contributed by atoms with van der Waals surface area (Å²) in [6, 6.07) is -0.269. The van der Waals surface area contributed by atoms with Crippen molar-refractivity contribution in [3.8, 4) is 0 Å². The Kier molecular flexibility index (Phi) is 8.06. The highest BCUT2D eigenvalue weighted by Gasteiger charge is 2.39. The summed E-state index contributed by atoms with van der Waals surface area (Å²) in [5, 5.41) is 2.95. The maximum absolute atomic E-state index is 12.5. The molecular weight excluding hydrogens is 320 g/mol. The average molecular weight is 354 g/mol. The molecule has 25 heavy (non-hydrogen) atoms. The van der Waals surface area contributed by atoms with Crippen LogP contribution in [0.2, 0.25) is 0 Å². The van der Waals surface area contributed by atoms with Crippen molar-refractivity contribution < 1.29 is 19.1 Å². The number of rotatable bonds is 8. The zero-order chi connectivity index (χ0) is 19.2. The standard InChI is InChI=1S/C19H34N2O4/c1-7-16(13(2)20-14(3)23)8-9-21-11-15(12-22)10-17(21)18(24)25-19(4,5)6/h12-13,15-17H,7-11H2,1-6H3,(H,20,23). The first kappa shape index (κ1) is 21.6. The molecule has 0 aliphatic carbocycles. The predicted octanol–water partition coefficient (Wildman–Crippen LogP) is 2.16. The molecule has 1 aliphatic heterocycles. The first-order valence-electron chi connectivity index (χ1n) is 9.26. The summed E-state index contributed by atoms with van der Waals surface area (Å²) in [6.45, 7) is 12.5. The molecule has 1 amide bonds. The van der Waals surface area contributed by atoms with Crippen molar-refractivity contribution >= 4 is 18.2 Å². The molecule has 1 heterocycles. The number of amides is 1. The Hall–Kier alpha value is -1.43. The van der Waals surface area contributed by atoms with E-state index in [0.29, 0.717) is 18.9 Å². The molecule has 4 atom stereocenters. The van der Waals surface area contributed by atoms with Gasteiger partial charge in [0.05, 0.1) is 0 Å². The van der Waals surface area contributed by atoms with Crippen LogP contribution in [-0.2, 0) is 19.1 Å². The van der Waals surface area contributed by atoms with Gasteiger partial charge in [0.2, 0.25) is 5.91 Å². The molecule has 1 aliphatic rings. The van der Waals surface area contributed by atoms with Gasteiger partial charge in [-0.25, -0.2) is 0 Å². The van der Waals surface area contributed by atoms with Crippen LogP contribution in [0.5, 0.6) is 0 Å². The Labute approximate surface area is 151 Å². The van der Waals surface area contributed by atoms with Crippen molar-refractivity contribution in [2.75, 3.05) is 13.1 Å². The van der Waals surface area contributed by atoms with E-state index < -0.39 is 5.60 Å². The number of carbonyl (C=O) groups is 3. The topological polar surface area (TPSA) is 75.7 Å². The second-order valence-corrected chi connectivity index (χ2v) is 8.12. The highest BCUT2D eigenvalue weighted by Crippen LogP contribution is 2.26. The number of ether oxygens (including phenoxy) is 1. The van der Waals surface area contributed by atoms with Crippen LogP contribution in [0.1, 0.15) is 60.8 Å². The molecule has 0 aromatic carbocycles. The molecule has 6 heteroatoms. The molecule has 1 fully saturated rings. The predicted molar refractivity (Wildman–Crippen MR) is 97.1 cm³/mol. The molecule has 0 saturated carbocycles. The molecule has 144 valence electrons. The van der Waals surface area contributed by atoms with Gasteiger partial charge < -0.3 is 14.8 Å². The lowest BCUT2D eigenvalue weighted by Crippen LogP contribution is -2.42. The van der Waals surface area contributed by atoms with E-state index in [1.165, 1.54) is 6.92 Å². The van der Waals surface area contributed by atoms with Gasteiger partial charge in [-0.1, -0.05) is 13.3 Å². The van der Waals surface area contributed by atoms with Gasteiger partial charge in [-0.3, -0.25) is 14.5 Å². The van der Waals surface area contributed by atoms with Crippen LogP contribution in [0.25, 0.3) is 0 Å². The maximum Gasteiger partial charge on any atom is 0.323 e. The fourth-order valence-corrected chi connectivity index (χ4v) is 3.48. The monoisotopic (exact) mass is 354 g/mol. The minimum Gasteiger partial charge on any atom is -0.459 e. The Balaban J connectivity index is 2.70. The van der Waals surface area contributed by atoms with Gasteiger partial charge in [-0.2, -0.15) is 0 Å². The first-order chi connectivity index (χ1) is 11.6. The van der Waals surface area contributed by atoms with Crippen LogP contribution in [0.15, 0.2) is 0 Å². The summed E-state index contributed by atoms with van der Waals surface area (Å²) in [7, 11) is 0. The molecule has 0 aromatic rings. The highest BCUT2D eigenvalue weighted by molar-refractivity contribution is 5.77. The summed E-state index contributed by atoms with van der Waals surface area (Å²) in [6.07, 6.45) is 3.28. The van der Waals surface area contributed by atoms with Crippen molar-refractivity contribution in [1.82, 2.24) is 10.2 Å². The van der Waals surface area contributed by atoms with Gasteiger partial charge in [0.15, 0.2) is 0 Å². The number of carbonyl (C=O) groups excluding carboxylic acids is 3. The van der Waals surface area contributed by atoms with E-state index in [4.69, 9.17) is 4.74 Å². The van der Waals surface area contributed by atoms with Crippen molar-refractivity contribution in [2.45, 2.75) is 78.5 Å². The first-order valence-corrected chi connectivity index (χ1v) is 9.26. The minimum absolute atomic E-state index is 0.0280. The maximum atomic E-state index is 12.5. The van der Waals surface area contributed by atoms with Crippen molar-refractivity contribution in [2.24, 2.45) is 11.8 Å². The fraction of sp³-hybridized carbons (Fsp3) is 0.842. The summed E-state index contributed by atoms with van der Waals surface area (Å²) < 4.78 is 5.52. The number of hydrogen-bond donors (Lipinski definition) is 1. The third-order valence-corrected chi connectivity index (χ3v) is 4.76. The third kappa shape index (κ3) is 7.14. The Bertz CT molecular complexity index is 473. The van der Waals surface area contributed by atoms with Crippen LogP contribution >= 0.6 is 0 Å². The van der Waals surface area contributed by atoms with E-state index in [2.05, 4.69) is 17.1 Å². The molecule has 0 spiro atoms. The Morgan fingerprint density at radius 3 is 2.48 bits per heavy atom. The number of hydrogen-bond acceptors (Lipinski definition) is 5. The molecule has 1 rings (SSSR count). The second kappa shape index (κ2) is 9.32. The normalized spacial score (nSPS) is 23.8. The molecule has 1 N–H and O–H groups in total. The number of esters is 1. The van der Waals surface area contributed by atoms with Gasteiger partial charge in [0, 0.05) is 25.4 Å².